The van der Waals surface area contributed by atoms with E-state index in [2.05, 4.69) is 26.7 Å². The van der Waals surface area contributed by atoms with Gasteiger partial charge in [0, 0.05) is 19.2 Å². The highest BCUT2D eigenvalue weighted by atomic mass is 15.3. The van der Waals surface area contributed by atoms with Crippen molar-refractivity contribution in [3.63, 3.8) is 0 Å². The van der Waals surface area contributed by atoms with Crippen molar-refractivity contribution in [3.8, 4) is 11.5 Å². The van der Waals surface area contributed by atoms with E-state index in [1.54, 1.807) is 6.20 Å². The molecule has 0 N–H and O–H groups in total. The SMILES string of the molecule is CC1CCc2nnc(-c3ccccn3)n2C1. The van der Waals surface area contributed by atoms with Gasteiger partial charge in [-0.2, -0.15) is 0 Å². The first-order chi connectivity index (χ1) is 7.84. The number of nitrogens with zero attached hydrogens (tertiary/aromatic N) is 4. The minimum atomic E-state index is 0.700. The topological polar surface area (TPSA) is 43.6 Å². The standard InChI is InChI=1S/C12H14N4/c1-9-5-6-11-14-15-12(16(11)8-9)10-4-2-3-7-13-10/h2-4,7,9H,5-6,8H2,1H3. The minimum Gasteiger partial charge on any atom is -0.309 e. The highest BCUT2D eigenvalue weighted by Gasteiger charge is 2.21. The molecule has 0 radical (unpaired) electrons. The molecule has 0 bridgehead atoms. The summed E-state index contributed by atoms with van der Waals surface area (Å²) >= 11 is 0. The molecule has 0 amide bonds. The predicted molar refractivity (Wildman–Crippen MR) is 60.7 cm³/mol. The van der Waals surface area contributed by atoms with Crippen LogP contribution < -0.4 is 0 Å². The first kappa shape index (κ1) is 9.51. The van der Waals surface area contributed by atoms with Crippen LogP contribution in [0.5, 0.6) is 0 Å². The zero-order valence-electron chi connectivity index (χ0n) is 9.30. The molecule has 1 unspecified atom stereocenters. The van der Waals surface area contributed by atoms with Crippen molar-refractivity contribution in [1.82, 2.24) is 19.7 Å². The van der Waals surface area contributed by atoms with Gasteiger partial charge in [-0.05, 0) is 24.5 Å². The Morgan fingerprint density at radius 1 is 1.31 bits per heavy atom. The van der Waals surface area contributed by atoms with Crippen LogP contribution >= 0.6 is 0 Å². The summed E-state index contributed by atoms with van der Waals surface area (Å²) in [5.41, 5.74) is 0.912. The van der Waals surface area contributed by atoms with Gasteiger partial charge >= 0.3 is 0 Å². The van der Waals surface area contributed by atoms with E-state index < -0.39 is 0 Å². The smallest absolute Gasteiger partial charge is 0.182 e. The Balaban J connectivity index is 2.07. The summed E-state index contributed by atoms with van der Waals surface area (Å²) in [5.74, 6) is 2.70. The highest BCUT2D eigenvalue weighted by Crippen LogP contribution is 2.23. The van der Waals surface area contributed by atoms with Gasteiger partial charge in [-0.15, -0.1) is 10.2 Å². The fraction of sp³-hybridized carbons (Fsp3) is 0.417. The molecular formula is C12H14N4. The van der Waals surface area contributed by atoms with Gasteiger partial charge in [0.1, 0.15) is 11.5 Å². The summed E-state index contributed by atoms with van der Waals surface area (Å²) in [5, 5.41) is 8.49. The quantitative estimate of drug-likeness (QED) is 0.728. The van der Waals surface area contributed by atoms with Crippen LogP contribution in [-0.4, -0.2) is 19.7 Å². The molecule has 82 valence electrons. The summed E-state index contributed by atoms with van der Waals surface area (Å²) in [6.45, 7) is 3.28. The predicted octanol–water partition coefficient (Wildman–Crippen LogP) is 1.92. The third-order valence-corrected chi connectivity index (χ3v) is 3.08. The van der Waals surface area contributed by atoms with Crippen LogP contribution in [-0.2, 0) is 13.0 Å². The first-order valence-corrected chi connectivity index (χ1v) is 5.68. The third-order valence-electron chi connectivity index (χ3n) is 3.08. The Bertz CT molecular complexity index is 489. The number of hydrogen-bond acceptors (Lipinski definition) is 3. The molecule has 0 saturated heterocycles. The third kappa shape index (κ3) is 1.50. The fourth-order valence-electron chi connectivity index (χ4n) is 2.18. The lowest BCUT2D eigenvalue weighted by atomic mass is 10.0. The van der Waals surface area contributed by atoms with E-state index in [1.165, 1.54) is 6.42 Å². The Labute approximate surface area is 94.4 Å². The largest absolute Gasteiger partial charge is 0.309 e. The van der Waals surface area contributed by atoms with E-state index >= 15 is 0 Å². The second kappa shape index (κ2) is 3.70. The van der Waals surface area contributed by atoms with Gasteiger partial charge in [0.15, 0.2) is 5.82 Å². The van der Waals surface area contributed by atoms with Gasteiger partial charge in [-0.25, -0.2) is 0 Å². The van der Waals surface area contributed by atoms with Crippen LogP contribution in [0.1, 0.15) is 19.2 Å². The van der Waals surface area contributed by atoms with Crippen molar-refractivity contribution >= 4 is 0 Å². The Morgan fingerprint density at radius 3 is 3.06 bits per heavy atom. The number of hydrogen-bond donors (Lipinski definition) is 0. The molecule has 4 heteroatoms. The maximum atomic E-state index is 4.33. The molecule has 1 aliphatic heterocycles. The van der Waals surface area contributed by atoms with Gasteiger partial charge in [0.25, 0.3) is 0 Å². The highest BCUT2D eigenvalue weighted by molar-refractivity contribution is 5.49. The lowest BCUT2D eigenvalue weighted by Crippen LogP contribution is -2.18. The normalized spacial score (nSPS) is 19.4. The molecule has 0 saturated carbocycles. The van der Waals surface area contributed by atoms with E-state index in [0.717, 1.165) is 30.3 Å². The summed E-state index contributed by atoms with van der Waals surface area (Å²) in [6, 6.07) is 5.88. The van der Waals surface area contributed by atoms with Crippen LogP contribution in [0.25, 0.3) is 11.5 Å². The van der Waals surface area contributed by atoms with Gasteiger partial charge in [0.2, 0.25) is 0 Å². The Hall–Kier alpha value is -1.71. The lowest BCUT2D eigenvalue weighted by Gasteiger charge is -2.20. The molecule has 4 nitrogen and oxygen atoms in total. The fourth-order valence-corrected chi connectivity index (χ4v) is 2.18. The van der Waals surface area contributed by atoms with E-state index in [9.17, 15) is 0 Å². The van der Waals surface area contributed by atoms with Crippen molar-refractivity contribution in [3.05, 3.63) is 30.2 Å². The van der Waals surface area contributed by atoms with E-state index in [1.807, 2.05) is 18.2 Å². The number of aryl methyl sites for hydroxylation is 1. The summed E-state index contributed by atoms with van der Waals surface area (Å²) in [6.07, 6.45) is 4.03. The molecule has 0 spiro atoms. The summed E-state index contributed by atoms with van der Waals surface area (Å²) < 4.78 is 2.20. The maximum absolute atomic E-state index is 4.33. The number of aromatic nitrogens is 4. The molecule has 0 fully saturated rings. The van der Waals surface area contributed by atoms with Crippen molar-refractivity contribution < 1.29 is 0 Å². The van der Waals surface area contributed by atoms with Crippen molar-refractivity contribution in [1.29, 1.82) is 0 Å². The number of fused-ring (bicyclic) bond motifs is 1. The maximum Gasteiger partial charge on any atom is 0.182 e. The monoisotopic (exact) mass is 214 g/mol. The Kier molecular flexibility index (Phi) is 2.20. The number of pyridine rings is 1. The first-order valence-electron chi connectivity index (χ1n) is 5.68. The molecule has 2 aromatic heterocycles. The van der Waals surface area contributed by atoms with Crippen LogP contribution in [0.3, 0.4) is 0 Å². The second-order valence-electron chi connectivity index (χ2n) is 4.41. The zero-order valence-corrected chi connectivity index (χ0v) is 9.30. The molecule has 3 rings (SSSR count). The molecule has 0 aromatic carbocycles. The van der Waals surface area contributed by atoms with Crippen LogP contribution in [0.15, 0.2) is 24.4 Å². The summed E-state index contributed by atoms with van der Waals surface area (Å²) in [7, 11) is 0. The lowest BCUT2D eigenvalue weighted by molar-refractivity contribution is 0.396. The molecular weight excluding hydrogens is 200 g/mol. The average Bonchev–Trinajstić information content (AvgIpc) is 2.73. The Morgan fingerprint density at radius 2 is 2.25 bits per heavy atom. The van der Waals surface area contributed by atoms with Crippen LogP contribution in [0.2, 0.25) is 0 Å². The van der Waals surface area contributed by atoms with Crippen molar-refractivity contribution in [2.24, 2.45) is 5.92 Å². The molecule has 1 aliphatic rings. The number of rotatable bonds is 1. The van der Waals surface area contributed by atoms with Gasteiger partial charge in [-0.3, -0.25) is 4.98 Å². The molecule has 2 aromatic rings. The van der Waals surface area contributed by atoms with E-state index in [4.69, 9.17) is 0 Å². The van der Waals surface area contributed by atoms with Crippen molar-refractivity contribution in [2.45, 2.75) is 26.3 Å². The zero-order chi connectivity index (χ0) is 11.0. The van der Waals surface area contributed by atoms with E-state index in [-0.39, 0.29) is 0 Å². The average molecular weight is 214 g/mol. The van der Waals surface area contributed by atoms with Gasteiger partial charge < -0.3 is 4.57 Å². The molecule has 3 heterocycles. The van der Waals surface area contributed by atoms with E-state index in [0.29, 0.717) is 5.92 Å². The van der Waals surface area contributed by atoms with Crippen molar-refractivity contribution in [2.75, 3.05) is 0 Å². The molecule has 16 heavy (non-hydrogen) atoms. The molecule has 1 atom stereocenters. The summed E-state index contributed by atoms with van der Waals surface area (Å²) in [4.78, 5) is 4.33. The van der Waals surface area contributed by atoms with Gasteiger partial charge in [-0.1, -0.05) is 13.0 Å². The second-order valence-corrected chi connectivity index (χ2v) is 4.41. The van der Waals surface area contributed by atoms with Gasteiger partial charge in [0.05, 0.1) is 0 Å². The van der Waals surface area contributed by atoms with Crippen LogP contribution in [0, 0.1) is 5.92 Å². The minimum absolute atomic E-state index is 0.700. The van der Waals surface area contributed by atoms with Crippen LogP contribution in [0.4, 0.5) is 0 Å². The molecule has 0 aliphatic carbocycles.